The number of amides is 1. The Morgan fingerprint density at radius 3 is 2.88 bits per heavy atom. The van der Waals surface area contributed by atoms with E-state index in [4.69, 9.17) is 8.83 Å². The van der Waals surface area contributed by atoms with Gasteiger partial charge in [0.1, 0.15) is 5.76 Å². The van der Waals surface area contributed by atoms with Gasteiger partial charge in [-0.1, -0.05) is 36.0 Å². The van der Waals surface area contributed by atoms with Crippen LogP contribution in [0.4, 0.5) is 0 Å². The molecule has 1 aliphatic heterocycles. The Hall–Kier alpha value is -2.54. The first kappa shape index (κ1) is 16.0. The highest BCUT2D eigenvalue weighted by Gasteiger charge is 2.21. The Morgan fingerprint density at radius 1 is 1.24 bits per heavy atom. The Morgan fingerprint density at radius 2 is 2.08 bits per heavy atom. The maximum Gasteiger partial charge on any atom is 0.277 e. The SMILES string of the molecule is Cc1occc1-c1nnc(SCC(=O)N2CCc3ccccc3C2)o1. The Balaban J connectivity index is 1.37. The first-order valence-corrected chi connectivity index (χ1v) is 9.04. The molecule has 0 atom stereocenters. The summed E-state index contributed by atoms with van der Waals surface area (Å²) in [5.41, 5.74) is 3.33. The molecule has 2 aromatic heterocycles. The van der Waals surface area contributed by atoms with Crippen LogP contribution in [0.2, 0.25) is 0 Å². The monoisotopic (exact) mass is 355 g/mol. The molecule has 0 spiro atoms. The average Bonchev–Trinajstić information content (AvgIpc) is 3.27. The van der Waals surface area contributed by atoms with Crippen molar-refractivity contribution in [2.24, 2.45) is 0 Å². The van der Waals surface area contributed by atoms with E-state index in [1.54, 1.807) is 12.3 Å². The lowest BCUT2D eigenvalue weighted by atomic mass is 10.00. The third-order valence-corrected chi connectivity index (χ3v) is 5.10. The van der Waals surface area contributed by atoms with Gasteiger partial charge in [-0.25, -0.2) is 0 Å². The molecule has 25 heavy (non-hydrogen) atoms. The molecule has 0 N–H and O–H groups in total. The number of aryl methyl sites for hydroxylation is 1. The lowest BCUT2D eigenvalue weighted by molar-refractivity contribution is -0.129. The highest BCUT2D eigenvalue weighted by molar-refractivity contribution is 7.99. The topological polar surface area (TPSA) is 72.4 Å². The fraction of sp³-hybridized carbons (Fsp3) is 0.278. The van der Waals surface area contributed by atoms with Crippen LogP contribution in [0.5, 0.6) is 0 Å². The summed E-state index contributed by atoms with van der Waals surface area (Å²) in [5, 5.41) is 8.41. The number of carbonyl (C=O) groups excluding carboxylic acids is 1. The highest BCUT2D eigenvalue weighted by Crippen LogP contribution is 2.27. The van der Waals surface area contributed by atoms with Gasteiger partial charge in [0.05, 0.1) is 17.6 Å². The number of rotatable bonds is 4. The van der Waals surface area contributed by atoms with E-state index in [1.807, 2.05) is 24.0 Å². The minimum atomic E-state index is 0.0822. The van der Waals surface area contributed by atoms with E-state index in [9.17, 15) is 4.79 Å². The summed E-state index contributed by atoms with van der Waals surface area (Å²) in [7, 11) is 0. The molecule has 1 aliphatic rings. The quantitative estimate of drug-likeness (QED) is 0.669. The van der Waals surface area contributed by atoms with E-state index in [-0.39, 0.29) is 11.7 Å². The van der Waals surface area contributed by atoms with Gasteiger partial charge in [0.15, 0.2) is 0 Å². The van der Waals surface area contributed by atoms with Gasteiger partial charge in [-0.15, -0.1) is 10.2 Å². The molecule has 0 bridgehead atoms. The summed E-state index contributed by atoms with van der Waals surface area (Å²) in [6, 6.07) is 10.1. The standard InChI is InChI=1S/C18H17N3O3S/c1-12-15(7-9-23-12)17-19-20-18(24-17)25-11-16(22)21-8-6-13-4-2-3-5-14(13)10-21/h2-5,7,9H,6,8,10-11H2,1H3. The molecule has 0 unspecified atom stereocenters. The lowest BCUT2D eigenvalue weighted by Crippen LogP contribution is -2.37. The molecule has 3 heterocycles. The second-order valence-electron chi connectivity index (χ2n) is 5.89. The van der Waals surface area contributed by atoms with Crippen molar-refractivity contribution in [3.8, 4) is 11.5 Å². The number of aromatic nitrogens is 2. The molecule has 0 aliphatic carbocycles. The molecule has 128 valence electrons. The van der Waals surface area contributed by atoms with Crippen LogP contribution in [0.1, 0.15) is 16.9 Å². The molecular weight excluding hydrogens is 338 g/mol. The Kier molecular flexibility index (Phi) is 4.31. The van der Waals surface area contributed by atoms with Crippen molar-refractivity contribution in [1.82, 2.24) is 15.1 Å². The van der Waals surface area contributed by atoms with Crippen molar-refractivity contribution in [3.63, 3.8) is 0 Å². The van der Waals surface area contributed by atoms with E-state index >= 15 is 0 Å². The fourth-order valence-electron chi connectivity index (χ4n) is 2.91. The molecule has 1 aromatic carbocycles. The predicted molar refractivity (Wildman–Crippen MR) is 93.0 cm³/mol. The molecule has 4 rings (SSSR count). The molecule has 7 heteroatoms. The van der Waals surface area contributed by atoms with Gasteiger partial charge < -0.3 is 13.7 Å². The maximum absolute atomic E-state index is 12.5. The van der Waals surface area contributed by atoms with Gasteiger partial charge in [-0.2, -0.15) is 0 Å². The molecule has 0 saturated carbocycles. The van der Waals surface area contributed by atoms with E-state index in [0.29, 0.717) is 17.7 Å². The zero-order valence-electron chi connectivity index (χ0n) is 13.8. The van der Waals surface area contributed by atoms with Crippen LogP contribution in [0.3, 0.4) is 0 Å². The van der Waals surface area contributed by atoms with Crippen molar-refractivity contribution in [2.75, 3.05) is 12.3 Å². The number of nitrogens with zero attached hydrogens (tertiary/aromatic N) is 3. The van der Waals surface area contributed by atoms with E-state index in [0.717, 1.165) is 24.3 Å². The van der Waals surface area contributed by atoms with Gasteiger partial charge in [0.25, 0.3) is 11.1 Å². The summed E-state index contributed by atoms with van der Waals surface area (Å²) in [4.78, 5) is 14.4. The van der Waals surface area contributed by atoms with Crippen molar-refractivity contribution >= 4 is 17.7 Å². The van der Waals surface area contributed by atoms with Gasteiger partial charge in [-0.3, -0.25) is 4.79 Å². The van der Waals surface area contributed by atoms with Crippen LogP contribution in [0.25, 0.3) is 11.5 Å². The molecule has 0 radical (unpaired) electrons. The smallest absolute Gasteiger partial charge is 0.277 e. The average molecular weight is 355 g/mol. The van der Waals surface area contributed by atoms with Gasteiger partial charge in [0.2, 0.25) is 5.91 Å². The van der Waals surface area contributed by atoms with E-state index in [2.05, 4.69) is 22.3 Å². The van der Waals surface area contributed by atoms with Crippen LogP contribution >= 0.6 is 11.8 Å². The zero-order valence-corrected chi connectivity index (χ0v) is 14.6. The van der Waals surface area contributed by atoms with E-state index < -0.39 is 0 Å². The maximum atomic E-state index is 12.5. The van der Waals surface area contributed by atoms with Crippen molar-refractivity contribution < 1.29 is 13.6 Å². The number of hydrogen-bond donors (Lipinski definition) is 0. The number of fused-ring (bicyclic) bond motifs is 1. The minimum Gasteiger partial charge on any atom is -0.469 e. The van der Waals surface area contributed by atoms with Crippen molar-refractivity contribution in [2.45, 2.75) is 25.1 Å². The van der Waals surface area contributed by atoms with Crippen LogP contribution in [-0.4, -0.2) is 33.3 Å². The Labute approximate surface area is 149 Å². The largest absolute Gasteiger partial charge is 0.469 e. The Bertz CT molecular complexity index is 902. The molecule has 0 fully saturated rings. The second kappa shape index (κ2) is 6.76. The van der Waals surface area contributed by atoms with Gasteiger partial charge >= 0.3 is 0 Å². The molecular formula is C18H17N3O3S. The van der Waals surface area contributed by atoms with Crippen LogP contribution in [-0.2, 0) is 17.8 Å². The van der Waals surface area contributed by atoms with Crippen LogP contribution in [0.15, 0.2) is 50.7 Å². The number of furan rings is 1. The number of carbonyl (C=O) groups is 1. The number of benzene rings is 1. The third kappa shape index (κ3) is 3.32. The molecule has 0 saturated heterocycles. The van der Waals surface area contributed by atoms with Crippen molar-refractivity contribution in [3.05, 3.63) is 53.5 Å². The highest BCUT2D eigenvalue weighted by atomic mass is 32.2. The summed E-state index contributed by atoms with van der Waals surface area (Å²) in [6.07, 6.45) is 2.48. The van der Waals surface area contributed by atoms with Crippen LogP contribution < -0.4 is 0 Å². The first-order chi connectivity index (χ1) is 12.2. The summed E-state index contributed by atoms with van der Waals surface area (Å²) in [5.74, 6) is 1.50. The molecule has 3 aromatic rings. The minimum absolute atomic E-state index is 0.0822. The fourth-order valence-corrected chi connectivity index (χ4v) is 3.57. The van der Waals surface area contributed by atoms with Crippen LogP contribution in [0, 0.1) is 6.92 Å². The predicted octanol–water partition coefficient (Wildman–Crippen LogP) is 3.32. The van der Waals surface area contributed by atoms with Gasteiger partial charge in [-0.05, 0) is 30.5 Å². The van der Waals surface area contributed by atoms with Crippen molar-refractivity contribution in [1.29, 1.82) is 0 Å². The second-order valence-corrected chi connectivity index (χ2v) is 6.81. The zero-order chi connectivity index (χ0) is 17.2. The molecule has 6 nitrogen and oxygen atoms in total. The summed E-state index contributed by atoms with van der Waals surface area (Å²) < 4.78 is 10.9. The normalized spacial score (nSPS) is 13.7. The summed E-state index contributed by atoms with van der Waals surface area (Å²) in [6.45, 7) is 3.25. The summed E-state index contributed by atoms with van der Waals surface area (Å²) >= 11 is 1.27. The van der Waals surface area contributed by atoms with E-state index in [1.165, 1.54) is 22.9 Å². The van der Waals surface area contributed by atoms with Gasteiger partial charge in [0, 0.05) is 13.1 Å². The third-order valence-electron chi connectivity index (χ3n) is 4.30. The lowest BCUT2D eigenvalue weighted by Gasteiger charge is -2.28. The molecule has 1 amide bonds. The number of hydrogen-bond acceptors (Lipinski definition) is 6. The number of thioether (sulfide) groups is 1. The first-order valence-electron chi connectivity index (χ1n) is 8.06.